The first-order valence-corrected chi connectivity index (χ1v) is 8.01. The maximum atomic E-state index is 12.9. The number of anilines is 1. The third-order valence-corrected chi connectivity index (χ3v) is 3.77. The number of hydrogen-bond donors (Lipinski definition) is 1. The highest BCUT2D eigenvalue weighted by atomic mass is 19.3. The van der Waals surface area contributed by atoms with Crippen LogP contribution in [0.4, 0.5) is 20.2 Å². The van der Waals surface area contributed by atoms with Crippen molar-refractivity contribution < 1.29 is 23.2 Å². The number of halogens is 2. The number of aromatic nitrogens is 2. The van der Waals surface area contributed by atoms with Gasteiger partial charge >= 0.3 is 6.55 Å². The molecule has 1 aromatic heterocycles. The molecular formula is C18H14F2N4O4. The van der Waals surface area contributed by atoms with Crippen LogP contribution in [0.1, 0.15) is 22.6 Å². The second-order valence-electron chi connectivity index (χ2n) is 5.73. The van der Waals surface area contributed by atoms with Crippen molar-refractivity contribution in [2.75, 3.05) is 5.32 Å². The second kappa shape index (κ2) is 7.82. The van der Waals surface area contributed by atoms with Crippen molar-refractivity contribution in [3.8, 4) is 11.5 Å². The Kier molecular flexibility index (Phi) is 5.30. The molecule has 28 heavy (non-hydrogen) atoms. The summed E-state index contributed by atoms with van der Waals surface area (Å²) in [5.74, 6) is -0.294. The number of hydrogen-bond acceptors (Lipinski definition) is 5. The fourth-order valence-electron chi connectivity index (χ4n) is 2.46. The molecule has 2 aromatic carbocycles. The largest absolute Gasteiger partial charge is 0.457 e. The van der Waals surface area contributed by atoms with Gasteiger partial charge < -0.3 is 10.1 Å². The molecule has 1 heterocycles. The van der Waals surface area contributed by atoms with Gasteiger partial charge in [-0.15, -0.1) is 0 Å². The summed E-state index contributed by atoms with van der Waals surface area (Å²) in [4.78, 5) is 22.8. The van der Waals surface area contributed by atoms with E-state index in [1.54, 1.807) is 25.1 Å². The van der Waals surface area contributed by atoms with E-state index in [0.717, 1.165) is 23.9 Å². The van der Waals surface area contributed by atoms with Crippen molar-refractivity contribution in [1.82, 2.24) is 9.78 Å². The predicted octanol–water partition coefficient (Wildman–Crippen LogP) is 4.54. The molecule has 0 atom stereocenters. The first-order valence-electron chi connectivity index (χ1n) is 8.01. The number of carbonyl (C=O) groups excluding carboxylic acids is 1. The molecule has 0 bridgehead atoms. The highest BCUT2D eigenvalue weighted by Crippen LogP contribution is 2.31. The van der Waals surface area contributed by atoms with E-state index in [2.05, 4.69) is 10.4 Å². The minimum atomic E-state index is -3.00. The number of nitrogens with one attached hydrogen (secondary N) is 1. The van der Waals surface area contributed by atoms with Crippen LogP contribution >= 0.6 is 0 Å². The Morgan fingerprint density at radius 3 is 2.68 bits per heavy atom. The average molecular weight is 388 g/mol. The molecule has 1 N–H and O–H groups in total. The van der Waals surface area contributed by atoms with Gasteiger partial charge in [0.15, 0.2) is 0 Å². The summed E-state index contributed by atoms with van der Waals surface area (Å²) in [5, 5.41) is 16.9. The van der Waals surface area contributed by atoms with Gasteiger partial charge in [0.2, 0.25) is 0 Å². The van der Waals surface area contributed by atoms with Crippen molar-refractivity contribution in [2.24, 2.45) is 0 Å². The van der Waals surface area contributed by atoms with E-state index in [9.17, 15) is 23.7 Å². The molecule has 3 rings (SSSR count). The molecule has 0 spiro atoms. The Bertz CT molecular complexity index is 1040. The van der Waals surface area contributed by atoms with Gasteiger partial charge in [0.25, 0.3) is 11.6 Å². The topological polar surface area (TPSA) is 99.3 Å². The zero-order valence-electron chi connectivity index (χ0n) is 14.5. The van der Waals surface area contributed by atoms with Crippen molar-refractivity contribution in [3.63, 3.8) is 0 Å². The number of carbonyl (C=O) groups is 1. The fraction of sp³-hybridized carbons (Fsp3) is 0.111. The first kappa shape index (κ1) is 19.0. The zero-order chi connectivity index (χ0) is 20.3. The fourth-order valence-corrected chi connectivity index (χ4v) is 2.46. The number of rotatable bonds is 6. The molecule has 0 saturated heterocycles. The van der Waals surface area contributed by atoms with E-state index in [0.29, 0.717) is 5.75 Å². The number of amides is 1. The number of alkyl halides is 2. The third kappa shape index (κ3) is 4.11. The van der Waals surface area contributed by atoms with Crippen molar-refractivity contribution in [2.45, 2.75) is 13.5 Å². The van der Waals surface area contributed by atoms with E-state index in [4.69, 9.17) is 4.74 Å². The quantitative estimate of drug-likeness (QED) is 0.494. The maximum Gasteiger partial charge on any atom is 0.333 e. The number of nitro groups is 1. The van der Waals surface area contributed by atoms with Crippen molar-refractivity contribution >= 4 is 17.3 Å². The molecule has 0 radical (unpaired) electrons. The number of nitrogens with zero attached hydrogens (tertiary/aromatic N) is 3. The summed E-state index contributed by atoms with van der Waals surface area (Å²) in [5.41, 5.74) is 0.108. The molecule has 0 aliphatic rings. The van der Waals surface area contributed by atoms with Crippen LogP contribution in [-0.4, -0.2) is 20.6 Å². The lowest BCUT2D eigenvalue weighted by atomic mass is 10.2. The Balaban J connectivity index is 1.91. The number of nitro benzene ring substituents is 1. The van der Waals surface area contributed by atoms with Crippen molar-refractivity contribution in [1.29, 1.82) is 0 Å². The molecule has 1 amide bonds. The van der Waals surface area contributed by atoms with Crippen LogP contribution < -0.4 is 10.1 Å². The Hall–Kier alpha value is -3.82. The predicted molar refractivity (Wildman–Crippen MR) is 95.8 cm³/mol. The lowest BCUT2D eigenvalue weighted by molar-refractivity contribution is -0.384. The number of aryl methyl sites for hydroxylation is 1. The van der Waals surface area contributed by atoms with Crippen LogP contribution in [0.5, 0.6) is 11.5 Å². The summed E-state index contributed by atoms with van der Waals surface area (Å²) in [7, 11) is 0. The smallest absolute Gasteiger partial charge is 0.333 e. The van der Waals surface area contributed by atoms with Gasteiger partial charge in [-0.1, -0.05) is 18.2 Å². The molecule has 3 aromatic rings. The molecule has 0 aliphatic carbocycles. The number of para-hydroxylation sites is 1. The van der Waals surface area contributed by atoms with Gasteiger partial charge in [-0.3, -0.25) is 14.9 Å². The van der Waals surface area contributed by atoms with Crippen LogP contribution in [0.3, 0.4) is 0 Å². The molecule has 0 unspecified atom stereocenters. The molecule has 8 nitrogen and oxygen atoms in total. The summed E-state index contributed by atoms with van der Waals surface area (Å²) in [6.07, 6.45) is 1.06. The maximum absolute atomic E-state index is 12.9. The number of non-ortho nitro benzene ring substituents is 1. The average Bonchev–Trinajstić information content (AvgIpc) is 3.14. The summed E-state index contributed by atoms with van der Waals surface area (Å²) < 4.78 is 31.7. The van der Waals surface area contributed by atoms with Crippen LogP contribution in [0.15, 0.2) is 54.7 Å². The third-order valence-electron chi connectivity index (χ3n) is 3.77. The number of benzene rings is 2. The minimum Gasteiger partial charge on any atom is -0.457 e. The van der Waals surface area contributed by atoms with Crippen LogP contribution in [0.25, 0.3) is 0 Å². The van der Waals surface area contributed by atoms with E-state index in [-0.39, 0.29) is 27.5 Å². The molecule has 0 fully saturated rings. The minimum absolute atomic E-state index is 0.0183. The van der Waals surface area contributed by atoms with Crippen LogP contribution in [0.2, 0.25) is 0 Å². The van der Waals surface area contributed by atoms with Gasteiger partial charge in [0.05, 0.1) is 16.7 Å². The van der Waals surface area contributed by atoms with Gasteiger partial charge in [-0.05, 0) is 24.6 Å². The van der Waals surface area contributed by atoms with Crippen LogP contribution in [-0.2, 0) is 0 Å². The highest BCUT2D eigenvalue weighted by Gasteiger charge is 2.19. The second-order valence-corrected chi connectivity index (χ2v) is 5.73. The number of ether oxygens (including phenoxy) is 1. The monoisotopic (exact) mass is 388 g/mol. The lowest BCUT2D eigenvalue weighted by Crippen LogP contribution is -2.18. The van der Waals surface area contributed by atoms with E-state index in [1.165, 1.54) is 12.1 Å². The van der Waals surface area contributed by atoms with Gasteiger partial charge in [-0.25, -0.2) is 0 Å². The Labute approximate surface area is 157 Å². The Morgan fingerprint density at radius 2 is 2.00 bits per heavy atom. The zero-order valence-corrected chi connectivity index (χ0v) is 14.5. The van der Waals surface area contributed by atoms with Gasteiger partial charge in [0.1, 0.15) is 17.2 Å². The molecule has 144 valence electrons. The van der Waals surface area contributed by atoms with E-state index >= 15 is 0 Å². The van der Waals surface area contributed by atoms with E-state index in [1.807, 2.05) is 6.07 Å². The van der Waals surface area contributed by atoms with Crippen LogP contribution in [0, 0.1) is 17.0 Å². The first-order chi connectivity index (χ1) is 13.3. The van der Waals surface area contributed by atoms with Gasteiger partial charge in [-0.2, -0.15) is 18.6 Å². The summed E-state index contributed by atoms with van der Waals surface area (Å²) in [6, 6.07) is 11.8. The normalized spacial score (nSPS) is 10.7. The molecule has 0 aliphatic heterocycles. The van der Waals surface area contributed by atoms with Crippen molar-refractivity contribution in [3.05, 3.63) is 76.1 Å². The molecular weight excluding hydrogens is 374 g/mol. The Morgan fingerprint density at radius 1 is 1.25 bits per heavy atom. The highest BCUT2D eigenvalue weighted by molar-refractivity contribution is 6.03. The molecule has 10 heteroatoms. The SMILES string of the molecule is Cc1ccccc1Oc1cc(NC(=O)c2ccnn2C(F)F)cc([N+](=O)[O-])c1. The standard InChI is InChI=1S/C18H14F2N4O4/c1-11-4-2-3-5-16(11)28-14-9-12(8-13(10-14)24(26)27)22-17(25)15-6-7-21-23(15)18(19)20/h2-10,18H,1H3,(H,22,25). The summed E-state index contributed by atoms with van der Waals surface area (Å²) in [6.45, 7) is -1.19. The van der Waals surface area contributed by atoms with E-state index < -0.39 is 17.4 Å². The summed E-state index contributed by atoms with van der Waals surface area (Å²) >= 11 is 0. The lowest BCUT2D eigenvalue weighted by Gasteiger charge is -2.11. The molecule has 0 saturated carbocycles. The van der Waals surface area contributed by atoms with Gasteiger partial charge in [0, 0.05) is 18.3 Å².